The summed E-state index contributed by atoms with van der Waals surface area (Å²) < 4.78 is 13.0. The molecular formula is C23H20N6O3. The summed E-state index contributed by atoms with van der Waals surface area (Å²) in [6, 6.07) is 9.09. The van der Waals surface area contributed by atoms with Crippen LogP contribution in [0.3, 0.4) is 0 Å². The van der Waals surface area contributed by atoms with Crippen LogP contribution in [-0.4, -0.2) is 32.3 Å². The highest BCUT2D eigenvalue weighted by Crippen LogP contribution is 2.32. The number of ether oxygens (including phenoxy) is 1. The molecule has 32 heavy (non-hydrogen) atoms. The largest absolute Gasteiger partial charge is 0.472 e. The number of carbonyl (C=O) groups excluding carboxylic acids is 1. The lowest BCUT2D eigenvalue weighted by Crippen LogP contribution is -2.19. The number of nitrogens with one attached hydrogen (secondary N) is 1. The number of nitriles is 1. The second-order valence-electron chi connectivity index (χ2n) is 7.65. The van der Waals surface area contributed by atoms with Crippen molar-refractivity contribution in [3.63, 3.8) is 0 Å². The first-order chi connectivity index (χ1) is 15.6. The molecule has 0 saturated carbocycles. The molecule has 160 valence electrons. The summed E-state index contributed by atoms with van der Waals surface area (Å²) in [6.45, 7) is 2.44. The Labute approximate surface area is 183 Å². The van der Waals surface area contributed by atoms with E-state index in [1.807, 2.05) is 22.9 Å². The average Bonchev–Trinajstić information content (AvgIpc) is 3.47. The monoisotopic (exact) mass is 428 g/mol. The van der Waals surface area contributed by atoms with E-state index in [9.17, 15) is 4.79 Å². The van der Waals surface area contributed by atoms with E-state index in [0.717, 1.165) is 30.3 Å². The first kappa shape index (κ1) is 19.9. The van der Waals surface area contributed by atoms with Gasteiger partial charge in [-0.3, -0.25) is 4.79 Å². The number of hydrogen-bond acceptors (Lipinski definition) is 7. The van der Waals surface area contributed by atoms with E-state index in [-0.39, 0.29) is 11.9 Å². The van der Waals surface area contributed by atoms with E-state index in [0.29, 0.717) is 34.8 Å². The molecule has 0 spiro atoms. The van der Waals surface area contributed by atoms with E-state index in [4.69, 9.17) is 19.5 Å². The lowest BCUT2D eigenvalue weighted by molar-refractivity contribution is -0.0365. The highest BCUT2D eigenvalue weighted by molar-refractivity contribution is 6.04. The van der Waals surface area contributed by atoms with Crippen molar-refractivity contribution in [1.82, 2.24) is 19.7 Å². The Kier molecular flexibility index (Phi) is 5.13. The zero-order valence-corrected chi connectivity index (χ0v) is 17.4. The van der Waals surface area contributed by atoms with Crippen molar-refractivity contribution in [2.45, 2.75) is 32.4 Å². The van der Waals surface area contributed by atoms with Crippen LogP contribution in [0.4, 0.5) is 5.82 Å². The molecule has 1 N–H and O–H groups in total. The van der Waals surface area contributed by atoms with Gasteiger partial charge in [0.25, 0.3) is 5.91 Å². The first-order valence-corrected chi connectivity index (χ1v) is 10.4. The highest BCUT2D eigenvalue weighted by atomic mass is 16.5. The summed E-state index contributed by atoms with van der Waals surface area (Å²) >= 11 is 0. The van der Waals surface area contributed by atoms with Gasteiger partial charge in [0.2, 0.25) is 0 Å². The fraction of sp³-hybridized carbons (Fsp3) is 0.261. The maximum absolute atomic E-state index is 12.8. The number of hydrogen-bond donors (Lipinski definition) is 1. The van der Waals surface area contributed by atoms with Crippen LogP contribution in [0.5, 0.6) is 0 Å². The van der Waals surface area contributed by atoms with Crippen molar-refractivity contribution in [2.24, 2.45) is 0 Å². The molecule has 4 aromatic heterocycles. The van der Waals surface area contributed by atoms with Crippen molar-refractivity contribution in [1.29, 1.82) is 5.26 Å². The van der Waals surface area contributed by atoms with Gasteiger partial charge < -0.3 is 14.5 Å². The molecule has 1 aliphatic rings. The summed E-state index contributed by atoms with van der Waals surface area (Å²) in [5.41, 5.74) is 4.18. The second kappa shape index (κ2) is 8.24. The minimum Gasteiger partial charge on any atom is -0.472 e. The molecule has 1 amide bonds. The van der Waals surface area contributed by atoms with E-state index >= 15 is 0 Å². The van der Waals surface area contributed by atoms with Crippen LogP contribution in [0, 0.1) is 18.3 Å². The number of aryl methyl sites for hydroxylation is 1. The van der Waals surface area contributed by atoms with Gasteiger partial charge >= 0.3 is 0 Å². The number of anilines is 1. The summed E-state index contributed by atoms with van der Waals surface area (Å²) in [4.78, 5) is 21.6. The number of rotatable bonds is 4. The molecule has 5 heterocycles. The summed E-state index contributed by atoms with van der Waals surface area (Å²) in [7, 11) is 0. The molecule has 4 aromatic rings. The fourth-order valence-electron chi connectivity index (χ4n) is 3.87. The van der Waals surface area contributed by atoms with E-state index in [2.05, 4.69) is 15.3 Å². The molecule has 1 aliphatic heterocycles. The molecule has 0 aliphatic carbocycles. The molecule has 1 atom stereocenters. The zero-order chi connectivity index (χ0) is 22.1. The van der Waals surface area contributed by atoms with Crippen molar-refractivity contribution in [2.75, 3.05) is 11.9 Å². The van der Waals surface area contributed by atoms with Gasteiger partial charge in [-0.2, -0.15) is 10.4 Å². The minimum absolute atomic E-state index is 0.153. The van der Waals surface area contributed by atoms with Gasteiger partial charge in [-0.25, -0.2) is 14.6 Å². The molecular weight excluding hydrogens is 408 g/mol. The molecule has 0 radical (unpaired) electrons. The Morgan fingerprint density at radius 3 is 2.94 bits per heavy atom. The lowest BCUT2D eigenvalue weighted by atomic mass is 10.1. The fourth-order valence-corrected chi connectivity index (χ4v) is 3.87. The smallest absolute Gasteiger partial charge is 0.275 e. The predicted octanol–water partition coefficient (Wildman–Crippen LogP) is 4.22. The van der Waals surface area contributed by atoms with Crippen LogP contribution in [-0.2, 0) is 4.74 Å². The van der Waals surface area contributed by atoms with E-state index in [1.54, 1.807) is 31.6 Å². The van der Waals surface area contributed by atoms with E-state index < -0.39 is 5.91 Å². The third-order valence-electron chi connectivity index (χ3n) is 5.44. The van der Waals surface area contributed by atoms with Crippen molar-refractivity contribution >= 4 is 22.8 Å². The standard InChI is InChI=1S/C23H20N6O3/c1-14-10-15(11-24)12-25-20(14)23(30)27-18-6-5-17-22(26-18)21(16-7-9-31-13-16)28-29(17)19-4-2-3-8-32-19/h5-7,9-10,12-13,19H,2-4,8H2,1H3,(H,26,27,30). The van der Waals surface area contributed by atoms with Crippen LogP contribution in [0.2, 0.25) is 0 Å². The van der Waals surface area contributed by atoms with Gasteiger partial charge in [-0.1, -0.05) is 0 Å². The second-order valence-corrected chi connectivity index (χ2v) is 7.65. The van der Waals surface area contributed by atoms with Gasteiger partial charge in [-0.05, 0) is 56.0 Å². The normalized spacial score (nSPS) is 16.1. The minimum atomic E-state index is -0.397. The van der Waals surface area contributed by atoms with E-state index in [1.165, 1.54) is 6.20 Å². The summed E-state index contributed by atoms with van der Waals surface area (Å²) in [6.07, 6.45) is 7.42. The summed E-state index contributed by atoms with van der Waals surface area (Å²) in [5.74, 6) is -0.0198. The molecule has 9 nitrogen and oxygen atoms in total. The van der Waals surface area contributed by atoms with Crippen molar-refractivity contribution in [3.05, 3.63) is 59.8 Å². The Balaban J connectivity index is 1.52. The third kappa shape index (κ3) is 3.61. The van der Waals surface area contributed by atoms with Crippen LogP contribution in [0.15, 0.2) is 47.4 Å². The highest BCUT2D eigenvalue weighted by Gasteiger charge is 2.23. The van der Waals surface area contributed by atoms with Gasteiger partial charge in [0.15, 0.2) is 6.23 Å². The van der Waals surface area contributed by atoms with Crippen molar-refractivity contribution in [3.8, 4) is 17.3 Å². The molecule has 0 aromatic carbocycles. The number of pyridine rings is 2. The average molecular weight is 428 g/mol. The predicted molar refractivity (Wildman–Crippen MR) is 116 cm³/mol. The number of fused-ring (bicyclic) bond motifs is 1. The van der Waals surface area contributed by atoms with Crippen LogP contribution in [0.1, 0.15) is 47.1 Å². The zero-order valence-electron chi connectivity index (χ0n) is 17.4. The molecule has 1 fully saturated rings. The van der Waals surface area contributed by atoms with Crippen LogP contribution < -0.4 is 5.32 Å². The number of nitrogens with zero attached hydrogens (tertiary/aromatic N) is 5. The summed E-state index contributed by atoms with van der Waals surface area (Å²) in [5, 5.41) is 16.6. The quantitative estimate of drug-likeness (QED) is 0.517. The lowest BCUT2D eigenvalue weighted by Gasteiger charge is -2.23. The SMILES string of the molecule is Cc1cc(C#N)cnc1C(=O)Nc1ccc2c(n1)c(-c1ccoc1)nn2C1CCCCO1. The molecule has 5 rings (SSSR count). The maximum atomic E-state index is 12.8. The maximum Gasteiger partial charge on any atom is 0.275 e. The third-order valence-corrected chi connectivity index (χ3v) is 5.44. The molecule has 1 saturated heterocycles. The van der Waals surface area contributed by atoms with Crippen LogP contribution in [0.25, 0.3) is 22.3 Å². The molecule has 1 unspecified atom stereocenters. The Morgan fingerprint density at radius 1 is 1.31 bits per heavy atom. The molecule has 9 heteroatoms. The number of amides is 1. The first-order valence-electron chi connectivity index (χ1n) is 10.4. The van der Waals surface area contributed by atoms with Crippen LogP contribution >= 0.6 is 0 Å². The Hall–Kier alpha value is -4.03. The van der Waals surface area contributed by atoms with Gasteiger partial charge in [0, 0.05) is 18.4 Å². The van der Waals surface area contributed by atoms with Gasteiger partial charge in [0.1, 0.15) is 28.8 Å². The Bertz CT molecular complexity index is 1330. The Morgan fingerprint density at radius 2 is 2.22 bits per heavy atom. The van der Waals surface area contributed by atoms with Gasteiger partial charge in [0.05, 0.1) is 23.6 Å². The number of carbonyl (C=O) groups is 1. The van der Waals surface area contributed by atoms with Crippen molar-refractivity contribution < 1.29 is 13.9 Å². The number of aromatic nitrogens is 4. The van der Waals surface area contributed by atoms with Gasteiger partial charge in [-0.15, -0.1) is 0 Å². The number of furan rings is 1. The molecule has 0 bridgehead atoms. The topological polar surface area (TPSA) is 119 Å².